The van der Waals surface area contributed by atoms with Crippen LogP contribution in [0.4, 0.5) is 0 Å². The van der Waals surface area contributed by atoms with Gasteiger partial charge in [-0.05, 0) is 17.7 Å². The molecule has 1 aromatic heterocycles. The van der Waals surface area contributed by atoms with Crippen molar-refractivity contribution in [3.8, 4) is 18.2 Å². The topological polar surface area (TPSA) is 127 Å². The van der Waals surface area contributed by atoms with E-state index in [1.807, 2.05) is 18.2 Å². The summed E-state index contributed by atoms with van der Waals surface area (Å²) in [7, 11) is 0. The van der Waals surface area contributed by atoms with Crippen LogP contribution in [0.1, 0.15) is 25.5 Å². The third kappa shape index (κ3) is 1.49. The summed E-state index contributed by atoms with van der Waals surface area (Å²) < 4.78 is 11.5. The number of pyridine rings is 1. The van der Waals surface area contributed by atoms with Crippen LogP contribution in [0, 0.1) is 56.2 Å². The molecule has 0 spiro atoms. The van der Waals surface area contributed by atoms with Gasteiger partial charge in [-0.3, -0.25) is 10.4 Å². The van der Waals surface area contributed by atoms with E-state index in [1.54, 1.807) is 26.0 Å². The first-order valence-corrected chi connectivity index (χ1v) is 7.01. The Hall–Kier alpha value is -2.95. The molecular weight excluding hydrogens is 294 g/mol. The standard InChI is InChI=1S/C16H13N5O2/c1-10-14(2)22-12(11-3-5-21-6-4-11)16(9-19,13(20)23-14)15(10,7-17)8-18/h3-6,10,12,20H,1-2H3/t10-,12-,14+,16+/m0/s1. The lowest BCUT2D eigenvalue weighted by Gasteiger charge is -2.60. The highest BCUT2D eigenvalue weighted by Gasteiger charge is 2.77. The summed E-state index contributed by atoms with van der Waals surface area (Å²) in [6.45, 7) is 3.22. The van der Waals surface area contributed by atoms with E-state index < -0.39 is 34.5 Å². The second-order valence-electron chi connectivity index (χ2n) is 5.90. The molecule has 1 N–H and O–H groups in total. The summed E-state index contributed by atoms with van der Waals surface area (Å²) in [6, 6.07) is 9.28. The first-order chi connectivity index (χ1) is 10.9. The van der Waals surface area contributed by atoms with Crippen LogP contribution in [-0.2, 0) is 9.47 Å². The summed E-state index contributed by atoms with van der Waals surface area (Å²) in [5.74, 6) is -2.46. The minimum Gasteiger partial charge on any atom is -0.448 e. The fourth-order valence-electron chi connectivity index (χ4n) is 3.51. The number of hydrogen-bond acceptors (Lipinski definition) is 7. The third-order valence-corrected chi connectivity index (χ3v) is 5.00. The highest BCUT2D eigenvalue weighted by atomic mass is 16.7. The predicted octanol–water partition coefficient (Wildman–Crippen LogP) is 2.06. The van der Waals surface area contributed by atoms with Crippen molar-refractivity contribution in [3.63, 3.8) is 0 Å². The van der Waals surface area contributed by atoms with Gasteiger partial charge in [0.1, 0.15) is 6.10 Å². The van der Waals surface area contributed by atoms with Crippen molar-refractivity contribution in [1.82, 2.24) is 4.98 Å². The van der Waals surface area contributed by atoms with Crippen LogP contribution >= 0.6 is 0 Å². The third-order valence-electron chi connectivity index (χ3n) is 5.00. The molecule has 4 atom stereocenters. The van der Waals surface area contributed by atoms with Gasteiger partial charge in [0.25, 0.3) is 0 Å². The summed E-state index contributed by atoms with van der Waals surface area (Å²) in [5.41, 5.74) is -3.02. The quantitative estimate of drug-likeness (QED) is 0.846. The van der Waals surface area contributed by atoms with Crippen LogP contribution < -0.4 is 0 Å². The van der Waals surface area contributed by atoms with Gasteiger partial charge in [0.05, 0.1) is 24.1 Å². The van der Waals surface area contributed by atoms with E-state index in [9.17, 15) is 15.8 Å². The average molecular weight is 307 g/mol. The Morgan fingerprint density at radius 3 is 2.30 bits per heavy atom. The molecule has 4 heterocycles. The van der Waals surface area contributed by atoms with E-state index in [2.05, 4.69) is 4.98 Å². The Kier molecular flexibility index (Phi) is 2.94. The first-order valence-electron chi connectivity index (χ1n) is 7.01. The molecule has 4 rings (SSSR count). The van der Waals surface area contributed by atoms with Crippen LogP contribution in [0.5, 0.6) is 0 Å². The number of nitrogens with one attached hydrogen (secondary N) is 1. The summed E-state index contributed by atoms with van der Waals surface area (Å²) in [4.78, 5) is 3.93. The Morgan fingerprint density at radius 1 is 1.17 bits per heavy atom. The van der Waals surface area contributed by atoms with Crippen LogP contribution in [0.2, 0.25) is 0 Å². The van der Waals surface area contributed by atoms with Crippen molar-refractivity contribution in [3.05, 3.63) is 30.1 Å². The maximum Gasteiger partial charge on any atom is 0.215 e. The number of nitrogens with zero attached hydrogens (tertiary/aromatic N) is 4. The minimum atomic E-state index is -1.84. The van der Waals surface area contributed by atoms with E-state index in [0.717, 1.165) is 0 Å². The van der Waals surface area contributed by atoms with Gasteiger partial charge in [0.2, 0.25) is 11.7 Å². The molecule has 114 valence electrons. The first kappa shape index (κ1) is 15.0. The predicted molar refractivity (Wildman–Crippen MR) is 76.1 cm³/mol. The molecule has 3 fully saturated rings. The molecule has 0 radical (unpaired) electrons. The molecule has 7 heteroatoms. The molecule has 0 unspecified atom stereocenters. The number of fused-ring (bicyclic) bond motifs is 3. The molecule has 3 aliphatic rings. The highest BCUT2D eigenvalue weighted by Crippen LogP contribution is 2.66. The zero-order valence-corrected chi connectivity index (χ0v) is 12.6. The molecule has 1 aromatic rings. The number of ether oxygens (including phenoxy) is 2. The van der Waals surface area contributed by atoms with Gasteiger partial charge in [-0.1, -0.05) is 6.92 Å². The zero-order chi connectivity index (χ0) is 16.9. The van der Waals surface area contributed by atoms with Crippen molar-refractivity contribution in [2.75, 3.05) is 0 Å². The molecule has 3 aliphatic heterocycles. The average Bonchev–Trinajstić information content (AvgIpc) is 2.57. The van der Waals surface area contributed by atoms with E-state index in [1.165, 1.54) is 12.4 Å². The largest absolute Gasteiger partial charge is 0.448 e. The molecule has 0 aliphatic carbocycles. The minimum absolute atomic E-state index is 0.406. The SMILES string of the molecule is C[C@@H]1C(C#N)(C#N)[C@@]2(C#N)C(=N)O[C@@]1(C)O[C@H]2c1ccncc1. The Balaban J connectivity index is 2.35. The molecule has 0 amide bonds. The summed E-state index contributed by atoms with van der Waals surface area (Å²) >= 11 is 0. The molecule has 2 bridgehead atoms. The van der Waals surface area contributed by atoms with Crippen molar-refractivity contribution in [2.45, 2.75) is 25.7 Å². The van der Waals surface area contributed by atoms with Gasteiger partial charge in [-0.2, -0.15) is 15.8 Å². The maximum absolute atomic E-state index is 9.90. The highest BCUT2D eigenvalue weighted by molar-refractivity contribution is 5.88. The molecular formula is C16H13N5O2. The second-order valence-corrected chi connectivity index (χ2v) is 5.90. The molecule has 23 heavy (non-hydrogen) atoms. The van der Waals surface area contributed by atoms with Gasteiger partial charge < -0.3 is 9.47 Å². The maximum atomic E-state index is 9.90. The molecule has 7 nitrogen and oxygen atoms in total. The van der Waals surface area contributed by atoms with E-state index in [-0.39, 0.29) is 0 Å². The monoisotopic (exact) mass is 307 g/mol. The molecule has 0 aromatic carbocycles. The zero-order valence-electron chi connectivity index (χ0n) is 12.6. The smallest absolute Gasteiger partial charge is 0.215 e. The Labute approximate surface area is 133 Å². The molecule has 3 saturated heterocycles. The fourth-order valence-corrected chi connectivity index (χ4v) is 3.51. The van der Waals surface area contributed by atoms with Crippen molar-refractivity contribution in [1.29, 1.82) is 21.2 Å². The van der Waals surface area contributed by atoms with E-state index in [4.69, 9.17) is 14.9 Å². The van der Waals surface area contributed by atoms with Crippen LogP contribution in [0.3, 0.4) is 0 Å². The lowest BCUT2D eigenvalue weighted by atomic mass is 9.51. The van der Waals surface area contributed by atoms with Crippen molar-refractivity contribution < 1.29 is 9.47 Å². The fraction of sp³-hybridized carbons (Fsp3) is 0.438. The molecule has 0 saturated carbocycles. The second kappa shape index (κ2) is 4.52. The normalized spacial score (nSPS) is 37.1. The lowest BCUT2D eigenvalue weighted by Crippen LogP contribution is -2.71. The van der Waals surface area contributed by atoms with Gasteiger partial charge in [0, 0.05) is 19.3 Å². The van der Waals surface area contributed by atoms with E-state index in [0.29, 0.717) is 5.56 Å². The number of hydrogen-bond donors (Lipinski definition) is 1. The van der Waals surface area contributed by atoms with Gasteiger partial charge in [-0.15, -0.1) is 0 Å². The van der Waals surface area contributed by atoms with Crippen molar-refractivity contribution >= 4 is 5.90 Å². The van der Waals surface area contributed by atoms with E-state index >= 15 is 0 Å². The number of nitriles is 3. The van der Waals surface area contributed by atoms with Crippen LogP contribution in [-0.4, -0.2) is 16.7 Å². The Morgan fingerprint density at radius 2 is 1.78 bits per heavy atom. The lowest BCUT2D eigenvalue weighted by molar-refractivity contribution is -0.338. The summed E-state index contributed by atoms with van der Waals surface area (Å²) in [5, 5.41) is 37.7. The van der Waals surface area contributed by atoms with Crippen LogP contribution in [0.25, 0.3) is 0 Å². The Bertz CT molecular complexity index is 788. The van der Waals surface area contributed by atoms with Gasteiger partial charge >= 0.3 is 0 Å². The van der Waals surface area contributed by atoms with Crippen LogP contribution in [0.15, 0.2) is 24.5 Å². The van der Waals surface area contributed by atoms with Gasteiger partial charge in [0.15, 0.2) is 10.8 Å². The van der Waals surface area contributed by atoms with Crippen molar-refractivity contribution in [2.24, 2.45) is 16.7 Å². The number of rotatable bonds is 1. The number of aromatic nitrogens is 1. The summed E-state index contributed by atoms with van der Waals surface area (Å²) in [6.07, 6.45) is 2.10. The van der Waals surface area contributed by atoms with Gasteiger partial charge in [-0.25, -0.2) is 0 Å².